The fourth-order valence-corrected chi connectivity index (χ4v) is 2.30. The molecule has 0 radical (unpaired) electrons. The monoisotopic (exact) mass is 275 g/mol. The Kier molecular flexibility index (Phi) is 2.01. The minimum Gasteiger partial charge on any atom is -0.287 e. The van der Waals surface area contributed by atoms with Crippen LogP contribution in [0, 0.1) is 13.8 Å². The zero-order valence-corrected chi connectivity index (χ0v) is 10.6. The zero-order valence-electron chi connectivity index (χ0n) is 9.03. The van der Waals surface area contributed by atoms with Gasteiger partial charge >= 0.3 is 0 Å². The number of halogens is 1. The molecule has 2 heterocycles. The van der Waals surface area contributed by atoms with Gasteiger partial charge in [0.2, 0.25) is 0 Å². The van der Waals surface area contributed by atoms with Gasteiger partial charge in [-0.1, -0.05) is 15.9 Å². The van der Waals surface area contributed by atoms with Crippen LogP contribution >= 0.6 is 15.9 Å². The van der Waals surface area contributed by atoms with Gasteiger partial charge in [-0.3, -0.25) is 4.40 Å². The van der Waals surface area contributed by atoms with Gasteiger partial charge in [0.05, 0.1) is 11.2 Å². The average Bonchev–Trinajstić information content (AvgIpc) is 2.60. The van der Waals surface area contributed by atoms with Crippen molar-refractivity contribution < 1.29 is 0 Å². The Morgan fingerprint density at radius 3 is 2.81 bits per heavy atom. The molecule has 0 N–H and O–H groups in total. The normalized spacial score (nSPS) is 11.4. The van der Waals surface area contributed by atoms with E-state index in [4.69, 9.17) is 0 Å². The van der Waals surface area contributed by atoms with Crippen LogP contribution in [0.15, 0.2) is 28.9 Å². The maximum Gasteiger partial charge on any atom is 0.147 e. The largest absolute Gasteiger partial charge is 0.287 e. The number of aryl methyl sites for hydroxylation is 2. The number of imidazole rings is 1. The SMILES string of the molecule is Cc1cn2c(C)nc3cc(Br)ccc3c2n1. The van der Waals surface area contributed by atoms with Crippen LogP contribution in [0.5, 0.6) is 0 Å². The highest BCUT2D eigenvalue weighted by molar-refractivity contribution is 9.10. The molecule has 80 valence electrons. The predicted molar refractivity (Wildman–Crippen MR) is 67.7 cm³/mol. The minimum atomic E-state index is 0.959. The maximum absolute atomic E-state index is 4.57. The number of hydrogen-bond donors (Lipinski definition) is 0. The van der Waals surface area contributed by atoms with Gasteiger partial charge in [-0.15, -0.1) is 0 Å². The van der Waals surface area contributed by atoms with Crippen molar-refractivity contribution in [2.45, 2.75) is 13.8 Å². The Morgan fingerprint density at radius 1 is 1.19 bits per heavy atom. The summed E-state index contributed by atoms with van der Waals surface area (Å²) in [6, 6.07) is 6.09. The molecule has 0 fully saturated rings. The first-order valence-corrected chi connectivity index (χ1v) is 5.86. The van der Waals surface area contributed by atoms with E-state index in [-0.39, 0.29) is 0 Å². The van der Waals surface area contributed by atoms with E-state index in [9.17, 15) is 0 Å². The number of nitrogens with zero attached hydrogens (tertiary/aromatic N) is 3. The summed E-state index contributed by atoms with van der Waals surface area (Å²) in [7, 11) is 0. The Balaban J connectivity index is 2.57. The second-order valence-corrected chi connectivity index (χ2v) is 4.81. The highest BCUT2D eigenvalue weighted by Crippen LogP contribution is 2.22. The van der Waals surface area contributed by atoms with Crippen molar-refractivity contribution in [2.24, 2.45) is 0 Å². The molecule has 0 spiro atoms. The summed E-state index contributed by atoms with van der Waals surface area (Å²) in [4.78, 5) is 9.11. The van der Waals surface area contributed by atoms with Crippen molar-refractivity contribution in [3.05, 3.63) is 40.4 Å². The molecule has 16 heavy (non-hydrogen) atoms. The summed E-state index contributed by atoms with van der Waals surface area (Å²) in [5.41, 5.74) is 2.97. The van der Waals surface area contributed by atoms with Gasteiger partial charge in [-0.25, -0.2) is 9.97 Å². The van der Waals surface area contributed by atoms with E-state index in [0.717, 1.165) is 32.5 Å². The van der Waals surface area contributed by atoms with Crippen LogP contribution in [0.1, 0.15) is 11.5 Å². The number of hydrogen-bond acceptors (Lipinski definition) is 2. The lowest BCUT2D eigenvalue weighted by Gasteiger charge is -2.03. The molecule has 0 aliphatic heterocycles. The lowest BCUT2D eigenvalue weighted by atomic mass is 10.2. The van der Waals surface area contributed by atoms with Crippen molar-refractivity contribution in [2.75, 3.05) is 0 Å². The number of rotatable bonds is 0. The number of aromatic nitrogens is 3. The Morgan fingerprint density at radius 2 is 2.00 bits per heavy atom. The molecule has 3 rings (SSSR count). The topological polar surface area (TPSA) is 30.2 Å². The van der Waals surface area contributed by atoms with E-state index in [1.165, 1.54) is 0 Å². The Labute approximate surface area is 101 Å². The van der Waals surface area contributed by atoms with Crippen molar-refractivity contribution in [3.63, 3.8) is 0 Å². The summed E-state index contributed by atoms with van der Waals surface area (Å²) >= 11 is 3.46. The molecule has 2 aromatic heterocycles. The van der Waals surface area contributed by atoms with Gasteiger partial charge in [-0.2, -0.15) is 0 Å². The van der Waals surface area contributed by atoms with E-state index in [0.29, 0.717) is 0 Å². The molecule has 0 bridgehead atoms. The molecule has 3 aromatic rings. The Bertz CT molecular complexity index is 700. The second kappa shape index (κ2) is 3.28. The van der Waals surface area contributed by atoms with Gasteiger partial charge < -0.3 is 0 Å². The van der Waals surface area contributed by atoms with E-state index in [1.807, 2.05) is 42.6 Å². The Hall–Kier alpha value is -1.42. The minimum absolute atomic E-state index is 0.959. The lowest BCUT2D eigenvalue weighted by Crippen LogP contribution is -1.95. The third-order valence-electron chi connectivity index (χ3n) is 2.66. The van der Waals surface area contributed by atoms with Crippen molar-refractivity contribution >= 4 is 32.5 Å². The predicted octanol–water partition coefficient (Wildman–Crippen LogP) is 3.26. The van der Waals surface area contributed by atoms with Gasteiger partial charge in [0.1, 0.15) is 11.5 Å². The first-order chi connectivity index (χ1) is 7.65. The fourth-order valence-electron chi connectivity index (χ4n) is 1.95. The second-order valence-electron chi connectivity index (χ2n) is 3.90. The zero-order chi connectivity index (χ0) is 11.3. The van der Waals surface area contributed by atoms with Gasteiger partial charge in [0.25, 0.3) is 0 Å². The summed E-state index contributed by atoms with van der Waals surface area (Å²) < 4.78 is 3.07. The summed E-state index contributed by atoms with van der Waals surface area (Å²) in [6.07, 6.45) is 2.01. The summed E-state index contributed by atoms with van der Waals surface area (Å²) in [6.45, 7) is 3.99. The van der Waals surface area contributed by atoms with E-state index >= 15 is 0 Å². The van der Waals surface area contributed by atoms with Gasteiger partial charge in [0.15, 0.2) is 0 Å². The summed E-state index contributed by atoms with van der Waals surface area (Å²) in [5.74, 6) is 0.959. The van der Waals surface area contributed by atoms with Crippen LogP contribution in [0.25, 0.3) is 16.6 Å². The molecule has 0 saturated carbocycles. The lowest BCUT2D eigenvalue weighted by molar-refractivity contribution is 1.01. The van der Waals surface area contributed by atoms with E-state index in [2.05, 4.69) is 25.9 Å². The van der Waals surface area contributed by atoms with E-state index < -0.39 is 0 Å². The highest BCUT2D eigenvalue weighted by Gasteiger charge is 2.07. The highest BCUT2D eigenvalue weighted by atomic mass is 79.9. The first kappa shape index (κ1) is 9.78. The molecule has 0 saturated heterocycles. The van der Waals surface area contributed by atoms with Crippen LogP contribution in [0.3, 0.4) is 0 Å². The number of benzene rings is 1. The third kappa shape index (κ3) is 1.33. The van der Waals surface area contributed by atoms with Crippen LogP contribution in [0.2, 0.25) is 0 Å². The quantitative estimate of drug-likeness (QED) is 0.631. The van der Waals surface area contributed by atoms with Crippen LogP contribution in [-0.4, -0.2) is 14.4 Å². The molecular weight excluding hydrogens is 266 g/mol. The van der Waals surface area contributed by atoms with Gasteiger partial charge in [0, 0.05) is 16.1 Å². The maximum atomic E-state index is 4.57. The number of fused-ring (bicyclic) bond motifs is 3. The standard InChI is InChI=1S/C12H10BrN3/c1-7-6-16-8(2)15-11-5-9(13)3-4-10(11)12(16)14-7/h3-6H,1-2H3. The first-order valence-electron chi connectivity index (χ1n) is 5.07. The summed E-state index contributed by atoms with van der Waals surface area (Å²) in [5, 5.41) is 1.09. The molecule has 4 heteroatoms. The van der Waals surface area contributed by atoms with Crippen LogP contribution in [0.4, 0.5) is 0 Å². The van der Waals surface area contributed by atoms with Crippen LogP contribution in [-0.2, 0) is 0 Å². The molecule has 0 aliphatic carbocycles. The molecule has 3 nitrogen and oxygen atoms in total. The molecule has 0 aliphatic rings. The van der Waals surface area contributed by atoms with Gasteiger partial charge in [-0.05, 0) is 32.0 Å². The smallest absolute Gasteiger partial charge is 0.147 e. The van der Waals surface area contributed by atoms with Crippen LogP contribution < -0.4 is 0 Å². The van der Waals surface area contributed by atoms with Crippen molar-refractivity contribution in [1.29, 1.82) is 0 Å². The van der Waals surface area contributed by atoms with Crippen molar-refractivity contribution in [3.8, 4) is 0 Å². The fraction of sp³-hybridized carbons (Fsp3) is 0.167. The molecule has 0 unspecified atom stereocenters. The molecular formula is C12H10BrN3. The average molecular weight is 276 g/mol. The third-order valence-corrected chi connectivity index (χ3v) is 3.15. The molecule has 0 atom stereocenters. The van der Waals surface area contributed by atoms with Crippen molar-refractivity contribution in [1.82, 2.24) is 14.4 Å². The molecule has 1 aromatic carbocycles. The molecule has 0 amide bonds. The van der Waals surface area contributed by atoms with E-state index in [1.54, 1.807) is 0 Å².